The molecule has 0 saturated heterocycles. The Balaban J connectivity index is 2.57. The van der Waals surface area contributed by atoms with Crippen LogP contribution in [0.3, 0.4) is 0 Å². The van der Waals surface area contributed by atoms with Crippen LogP contribution in [0, 0.1) is 11.3 Å². The van der Waals surface area contributed by atoms with E-state index in [1.165, 1.54) is 0 Å². The molecular formula is C11H13N3O. The predicted octanol–water partition coefficient (Wildman–Crippen LogP) is 2.09. The van der Waals surface area contributed by atoms with Gasteiger partial charge in [0.25, 0.3) is 0 Å². The van der Waals surface area contributed by atoms with Crippen LogP contribution in [0.2, 0.25) is 0 Å². The van der Waals surface area contributed by atoms with Gasteiger partial charge in [-0.25, -0.2) is 4.79 Å². The van der Waals surface area contributed by atoms with E-state index in [1.807, 2.05) is 13.0 Å². The summed E-state index contributed by atoms with van der Waals surface area (Å²) in [4.78, 5) is 11.3. The lowest BCUT2D eigenvalue weighted by Gasteiger charge is -2.06. The Bertz CT molecular complexity index is 382. The molecule has 0 heterocycles. The van der Waals surface area contributed by atoms with Crippen LogP contribution in [-0.4, -0.2) is 12.6 Å². The summed E-state index contributed by atoms with van der Waals surface area (Å²) in [5, 5.41) is 14.0. The van der Waals surface area contributed by atoms with Crippen molar-refractivity contribution in [3.05, 3.63) is 29.8 Å². The SMILES string of the molecule is CCCNC(=O)Nc1cccc(C#N)c1. The number of carbonyl (C=O) groups excluding carboxylic acids is 1. The standard InChI is InChI=1S/C11H13N3O/c1-2-6-13-11(15)14-10-5-3-4-9(7-10)8-12/h3-5,7H,2,6H2,1H3,(H2,13,14,15). The summed E-state index contributed by atoms with van der Waals surface area (Å²) in [5.74, 6) is 0. The lowest BCUT2D eigenvalue weighted by atomic mass is 10.2. The Morgan fingerprint density at radius 2 is 2.33 bits per heavy atom. The minimum absolute atomic E-state index is 0.244. The van der Waals surface area contributed by atoms with Gasteiger partial charge in [0.15, 0.2) is 0 Å². The van der Waals surface area contributed by atoms with Crippen LogP contribution in [0.25, 0.3) is 0 Å². The summed E-state index contributed by atoms with van der Waals surface area (Å²) >= 11 is 0. The molecule has 4 nitrogen and oxygen atoms in total. The zero-order chi connectivity index (χ0) is 11.1. The van der Waals surface area contributed by atoms with Crippen molar-refractivity contribution in [1.29, 1.82) is 5.26 Å². The molecule has 0 aliphatic heterocycles. The summed E-state index contributed by atoms with van der Waals surface area (Å²) in [7, 11) is 0. The van der Waals surface area contributed by atoms with Crippen molar-refractivity contribution < 1.29 is 4.79 Å². The molecule has 2 N–H and O–H groups in total. The topological polar surface area (TPSA) is 64.9 Å². The first-order valence-electron chi connectivity index (χ1n) is 4.81. The monoisotopic (exact) mass is 203 g/mol. The second-order valence-corrected chi connectivity index (χ2v) is 3.07. The zero-order valence-electron chi connectivity index (χ0n) is 8.58. The third-order valence-corrected chi connectivity index (χ3v) is 1.79. The molecule has 1 aromatic carbocycles. The predicted molar refractivity (Wildman–Crippen MR) is 58.5 cm³/mol. The van der Waals surface area contributed by atoms with Crippen molar-refractivity contribution in [2.45, 2.75) is 13.3 Å². The van der Waals surface area contributed by atoms with Gasteiger partial charge in [-0.15, -0.1) is 0 Å². The Kier molecular flexibility index (Phi) is 4.17. The number of rotatable bonds is 3. The van der Waals surface area contributed by atoms with Crippen molar-refractivity contribution in [2.75, 3.05) is 11.9 Å². The van der Waals surface area contributed by atoms with E-state index in [9.17, 15) is 4.79 Å². The Morgan fingerprint density at radius 1 is 1.53 bits per heavy atom. The number of carbonyl (C=O) groups is 1. The fourth-order valence-electron chi connectivity index (χ4n) is 1.08. The lowest BCUT2D eigenvalue weighted by Crippen LogP contribution is -2.29. The molecule has 2 amide bonds. The Hall–Kier alpha value is -2.02. The smallest absolute Gasteiger partial charge is 0.319 e. The van der Waals surface area contributed by atoms with E-state index in [4.69, 9.17) is 5.26 Å². The summed E-state index contributed by atoms with van der Waals surface area (Å²) in [6, 6.07) is 8.56. The molecule has 0 aliphatic rings. The highest BCUT2D eigenvalue weighted by Gasteiger charge is 2.00. The van der Waals surface area contributed by atoms with Crippen molar-refractivity contribution in [1.82, 2.24) is 5.32 Å². The third-order valence-electron chi connectivity index (χ3n) is 1.79. The van der Waals surface area contributed by atoms with Crippen LogP contribution < -0.4 is 10.6 Å². The summed E-state index contributed by atoms with van der Waals surface area (Å²) in [6.07, 6.45) is 0.894. The highest BCUT2D eigenvalue weighted by atomic mass is 16.2. The van der Waals surface area contributed by atoms with Crippen molar-refractivity contribution in [3.63, 3.8) is 0 Å². The number of hydrogen-bond acceptors (Lipinski definition) is 2. The van der Waals surface area contributed by atoms with Crippen LogP contribution in [0.4, 0.5) is 10.5 Å². The maximum Gasteiger partial charge on any atom is 0.319 e. The number of urea groups is 1. The number of anilines is 1. The van der Waals surface area contributed by atoms with Crippen LogP contribution in [-0.2, 0) is 0 Å². The average Bonchev–Trinajstić information content (AvgIpc) is 2.26. The molecule has 0 radical (unpaired) electrons. The number of amides is 2. The van der Waals surface area contributed by atoms with Crippen molar-refractivity contribution in [3.8, 4) is 6.07 Å². The van der Waals surface area contributed by atoms with E-state index < -0.39 is 0 Å². The second-order valence-electron chi connectivity index (χ2n) is 3.07. The minimum atomic E-state index is -0.244. The number of nitrogens with zero attached hydrogens (tertiary/aromatic N) is 1. The maximum absolute atomic E-state index is 11.3. The molecule has 78 valence electrons. The molecule has 0 aromatic heterocycles. The van der Waals surface area contributed by atoms with E-state index in [1.54, 1.807) is 24.3 Å². The van der Waals surface area contributed by atoms with Crippen LogP contribution >= 0.6 is 0 Å². The first kappa shape index (κ1) is 11.1. The summed E-state index contributed by atoms with van der Waals surface area (Å²) in [5.41, 5.74) is 1.16. The van der Waals surface area contributed by atoms with Gasteiger partial charge in [0.05, 0.1) is 11.6 Å². The molecule has 4 heteroatoms. The maximum atomic E-state index is 11.3. The third kappa shape index (κ3) is 3.69. The minimum Gasteiger partial charge on any atom is -0.338 e. The average molecular weight is 203 g/mol. The largest absolute Gasteiger partial charge is 0.338 e. The van der Waals surface area contributed by atoms with E-state index in [0.717, 1.165) is 6.42 Å². The normalized spacial score (nSPS) is 9.07. The molecule has 0 atom stereocenters. The molecule has 0 fully saturated rings. The second kappa shape index (κ2) is 5.66. The first-order chi connectivity index (χ1) is 7.26. The first-order valence-corrected chi connectivity index (χ1v) is 4.81. The highest BCUT2D eigenvalue weighted by molar-refractivity contribution is 5.89. The molecule has 0 saturated carbocycles. The van der Waals surface area contributed by atoms with Crippen LogP contribution in [0.1, 0.15) is 18.9 Å². The fourth-order valence-corrected chi connectivity index (χ4v) is 1.08. The molecule has 0 unspecified atom stereocenters. The molecule has 0 spiro atoms. The lowest BCUT2D eigenvalue weighted by molar-refractivity contribution is 0.252. The number of nitriles is 1. The zero-order valence-corrected chi connectivity index (χ0v) is 8.58. The van der Waals surface area contributed by atoms with Gasteiger partial charge in [-0.1, -0.05) is 13.0 Å². The van der Waals surface area contributed by atoms with Gasteiger partial charge in [-0.05, 0) is 24.6 Å². The Morgan fingerprint density at radius 3 is 3.00 bits per heavy atom. The summed E-state index contributed by atoms with van der Waals surface area (Å²) < 4.78 is 0. The number of nitrogens with one attached hydrogen (secondary N) is 2. The Labute approximate surface area is 88.9 Å². The number of hydrogen-bond donors (Lipinski definition) is 2. The van der Waals surface area contributed by atoms with E-state index in [-0.39, 0.29) is 6.03 Å². The van der Waals surface area contributed by atoms with Gasteiger partial charge >= 0.3 is 6.03 Å². The van der Waals surface area contributed by atoms with E-state index in [0.29, 0.717) is 17.8 Å². The molecule has 15 heavy (non-hydrogen) atoms. The quantitative estimate of drug-likeness (QED) is 0.790. The van der Waals surface area contributed by atoms with Gasteiger partial charge in [0, 0.05) is 12.2 Å². The van der Waals surface area contributed by atoms with Gasteiger partial charge in [-0.3, -0.25) is 0 Å². The molecular weight excluding hydrogens is 190 g/mol. The fraction of sp³-hybridized carbons (Fsp3) is 0.273. The summed E-state index contributed by atoms with van der Waals surface area (Å²) in [6.45, 7) is 2.63. The van der Waals surface area contributed by atoms with Gasteiger partial charge in [0.1, 0.15) is 0 Å². The van der Waals surface area contributed by atoms with E-state index >= 15 is 0 Å². The molecule has 1 aromatic rings. The van der Waals surface area contributed by atoms with Crippen molar-refractivity contribution >= 4 is 11.7 Å². The van der Waals surface area contributed by atoms with Crippen LogP contribution in [0.5, 0.6) is 0 Å². The van der Waals surface area contributed by atoms with Crippen LogP contribution in [0.15, 0.2) is 24.3 Å². The van der Waals surface area contributed by atoms with Gasteiger partial charge in [-0.2, -0.15) is 5.26 Å². The number of benzene rings is 1. The van der Waals surface area contributed by atoms with Crippen molar-refractivity contribution in [2.24, 2.45) is 0 Å². The molecule has 0 bridgehead atoms. The molecule has 0 aliphatic carbocycles. The highest BCUT2D eigenvalue weighted by Crippen LogP contribution is 2.09. The molecule has 1 rings (SSSR count). The van der Waals surface area contributed by atoms with Gasteiger partial charge in [0.2, 0.25) is 0 Å². The van der Waals surface area contributed by atoms with E-state index in [2.05, 4.69) is 10.6 Å². The van der Waals surface area contributed by atoms with Gasteiger partial charge < -0.3 is 10.6 Å².